The molecule has 0 bridgehead atoms. The van der Waals surface area contributed by atoms with E-state index in [1.54, 1.807) is 7.05 Å². The van der Waals surface area contributed by atoms with Crippen LogP contribution in [0.4, 0.5) is 0 Å². The fraction of sp³-hybridized carbons (Fsp3) is 0.923. The molecule has 0 atom stereocenters. The van der Waals surface area contributed by atoms with Gasteiger partial charge in [-0.25, -0.2) is 0 Å². The number of halogens is 1. The molecule has 0 fully saturated rings. The van der Waals surface area contributed by atoms with E-state index in [0.29, 0.717) is 5.96 Å². The summed E-state index contributed by atoms with van der Waals surface area (Å²) in [5.74, 6) is 0.501. The molecule has 3 N–H and O–H groups in total. The molecular weight excluding hydrogens is 341 g/mol. The van der Waals surface area contributed by atoms with Gasteiger partial charge in [0.1, 0.15) is 0 Å². The standard InChI is InChI=1S/C13H29N3O.HI/c1-3-4-5-6-7-8-11-17-12-9-10-16-13(14)15-2;/h3-12H2,1-2H3,(H3,14,15,16);1H. The maximum Gasteiger partial charge on any atom is 0.188 e. The van der Waals surface area contributed by atoms with Crippen molar-refractivity contribution >= 4 is 29.9 Å². The van der Waals surface area contributed by atoms with Gasteiger partial charge in [0.25, 0.3) is 0 Å². The van der Waals surface area contributed by atoms with Gasteiger partial charge in [-0.15, -0.1) is 24.0 Å². The quantitative estimate of drug-likeness (QED) is 0.254. The Morgan fingerprint density at radius 1 is 1.06 bits per heavy atom. The van der Waals surface area contributed by atoms with Crippen molar-refractivity contribution in [2.45, 2.75) is 51.9 Å². The van der Waals surface area contributed by atoms with Crippen LogP contribution < -0.4 is 11.1 Å². The second kappa shape index (κ2) is 17.0. The van der Waals surface area contributed by atoms with Crippen LogP contribution in [0.15, 0.2) is 4.99 Å². The summed E-state index contributed by atoms with van der Waals surface area (Å²) in [7, 11) is 1.68. The van der Waals surface area contributed by atoms with Gasteiger partial charge in [-0.2, -0.15) is 0 Å². The molecule has 18 heavy (non-hydrogen) atoms. The zero-order valence-corrected chi connectivity index (χ0v) is 14.2. The highest BCUT2D eigenvalue weighted by Crippen LogP contribution is 2.04. The summed E-state index contributed by atoms with van der Waals surface area (Å²) >= 11 is 0. The Bertz CT molecular complexity index is 189. The average Bonchev–Trinajstić information content (AvgIpc) is 2.35. The summed E-state index contributed by atoms with van der Waals surface area (Å²) < 4.78 is 5.53. The second-order valence-electron chi connectivity index (χ2n) is 4.27. The van der Waals surface area contributed by atoms with E-state index < -0.39 is 0 Å². The van der Waals surface area contributed by atoms with Gasteiger partial charge in [-0.05, 0) is 12.8 Å². The Kier molecular flexibility index (Phi) is 19.1. The maximum atomic E-state index is 5.53. The van der Waals surface area contributed by atoms with E-state index in [1.165, 1.54) is 38.5 Å². The molecule has 0 aliphatic rings. The lowest BCUT2D eigenvalue weighted by atomic mass is 10.1. The number of guanidine groups is 1. The molecule has 0 unspecified atom stereocenters. The lowest BCUT2D eigenvalue weighted by Crippen LogP contribution is -2.32. The van der Waals surface area contributed by atoms with E-state index in [4.69, 9.17) is 10.5 Å². The molecule has 0 spiro atoms. The number of hydrogen-bond acceptors (Lipinski definition) is 2. The maximum absolute atomic E-state index is 5.53. The third kappa shape index (κ3) is 16.0. The first kappa shape index (κ1) is 20.3. The first-order valence-electron chi connectivity index (χ1n) is 6.85. The van der Waals surface area contributed by atoms with Gasteiger partial charge < -0.3 is 15.8 Å². The number of unbranched alkanes of at least 4 members (excludes halogenated alkanes) is 5. The van der Waals surface area contributed by atoms with Gasteiger partial charge in [0.15, 0.2) is 5.96 Å². The lowest BCUT2D eigenvalue weighted by molar-refractivity contribution is 0.128. The fourth-order valence-corrected chi connectivity index (χ4v) is 1.56. The Morgan fingerprint density at radius 2 is 1.67 bits per heavy atom. The summed E-state index contributed by atoms with van der Waals surface area (Å²) in [4.78, 5) is 3.81. The molecule has 4 nitrogen and oxygen atoms in total. The first-order chi connectivity index (χ1) is 8.31. The highest BCUT2D eigenvalue weighted by molar-refractivity contribution is 14.0. The molecule has 0 amide bonds. The summed E-state index contributed by atoms with van der Waals surface area (Å²) in [5.41, 5.74) is 5.49. The van der Waals surface area contributed by atoms with Crippen molar-refractivity contribution in [3.05, 3.63) is 0 Å². The van der Waals surface area contributed by atoms with E-state index in [9.17, 15) is 0 Å². The highest BCUT2D eigenvalue weighted by atomic mass is 127. The Hall–Kier alpha value is -0.0400. The number of nitrogens with two attached hydrogens (primary N) is 1. The van der Waals surface area contributed by atoms with Crippen LogP contribution in [-0.2, 0) is 4.74 Å². The van der Waals surface area contributed by atoms with Gasteiger partial charge in [0.05, 0.1) is 0 Å². The molecule has 0 heterocycles. The third-order valence-corrected chi connectivity index (χ3v) is 2.65. The van der Waals surface area contributed by atoms with E-state index in [0.717, 1.165) is 26.2 Å². The highest BCUT2D eigenvalue weighted by Gasteiger charge is 1.92. The number of ether oxygens (including phenoxy) is 1. The molecule has 110 valence electrons. The van der Waals surface area contributed by atoms with Crippen LogP contribution in [0.1, 0.15) is 51.9 Å². The predicted molar refractivity (Wildman–Crippen MR) is 89.8 cm³/mol. The summed E-state index contributed by atoms with van der Waals surface area (Å²) in [6.45, 7) is 4.77. The van der Waals surface area contributed by atoms with Gasteiger partial charge >= 0.3 is 0 Å². The van der Waals surface area contributed by atoms with Crippen molar-refractivity contribution in [3.63, 3.8) is 0 Å². The minimum Gasteiger partial charge on any atom is -0.381 e. The van der Waals surface area contributed by atoms with Gasteiger partial charge in [-0.3, -0.25) is 4.99 Å². The van der Waals surface area contributed by atoms with Crippen LogP contribution in [0.2, 0.25) is 0 Å². The topological polar surface area (TPSA) is 59.6 Å². The number of aliphatic imine (C=N–C) groups is 1. The lowest BCUT2D eigenvalue weighted by Gasteiger charge is -2.06. The molecule has 0 rings (SSSR count). The molecule has 0 saturated heterocycles. The van der Waals surface area contributed by atoms with Crippen molar-refractivity contribution in [2.24, 2.45) is 10.7 Å². The van der Waals surface area contributed by atoms with E-state index >= 15 is 0 Å². The zero-order chi connectivity index (χ0) is 12.8. The molecule has 0 aromatic heterocycles. The van der Waals surface area contributed by atoms with Gasteiger partial charge in [0, 0.05) is 26.8 Å². The monoisotopic (exact) mass is 371 g/mol. The second-order valence-corrected chi connectivity index (χ2v) is 4.27. The van der Waals surface area contributed by atoms with Crippen molar-refractivity contribution in [1.29, 1.82) is 0 Å². The van der Waals surface area contributed by atoms with E-state index in [1.807, 2.05) is 0 Å². The number of nitrogens with one attached hydrogen (secondary N) is 1. The zero-order valence-electron chi connectivity index (χ0n) is 11.9. The minimum absolute atomic E-state index is 0. The number of hydrogen-bond donors (Lipinski definition) is 2. The summed E-state index contributed by atoms with van der Waals surface area (Å²) in [5, 5.41) is 3.01. The van der Waals surface area contributed by atoms with Crippen LogP contribution in [0.3, 0.4) is 0 Å². The third-order valence-electron chi connectivity index (χ3n) is 2.65. The molecule has 0 aromatic carbocycles. The summed E-state index contributed by atoms with van der Waals surface area (Å²) in [6, 6.07) is 0. The minimum atomic E-state index is 0. The Labute approximate surface area is 129 Å². The van der Waals surface area contributed by atoms with Gasteiger partial charge in [0.2, 0.25) is 0 Å². The normalized spacial score (nSPS) is 11.1. The SMILES string of the molecule is CCCCCCCCOCCCNC(N)=NC.I. The number of rotatable bonds is 11. The molecular formula is C13H30IN3O. The molecule has 5 heteroatoms. The first-order valence-corrected chi connectivity index (χ1v) is 6.85. The Morgan fingerprint density at radius 3 is 2.33 bits per heavy atom. The van der Waals surface area contributed by atoms with Crippen LogP contribution in [0, 0.1) is 0 Å². The molecule has 0 saturated carbocycles. The molecule has 0 aliphatic heterocycles. The van der Waals surface area contributed by atoms with Crippen LogP contribution in [0.5, 0.6) is 0 Å². The van der Waals surface area contributed by atoms with Crippen LogP contribution in [0.25, 0.3) is 0 Å². The van der Waals surface area contributed by atoms with Crippen molar-refractivity contribution < 1.29 is 4.74 Å². The van der Waals surface area contributed by atoms with E-state index in [-0.39, 0.29) is 24.0 Å². The van der Waals surface area contributed by atoms with Gasteiger partial charge in [-0.1, -0.05) is 39.0 Å². The summed E-state index contributed by atoms with van der Waals surface area (Å²) in [6.07, 6.45) is 8.87. The predicted octanol–water partition coefficient (Wildman–Crippen LogP) is 2.91. The fourth-order valence-electron chi connectivity index (χ4n) is 1.56. The van der Waals surface area contributed by atoms with Crippen LogP contribution >= 0.6 is 24.0 Å². The van der Waals surface area contributed by atoms with E-state index in [2.05, 4.69) is 17.2 Å². The largest absolute Gasteiger partial charge is 0.381 e. The smallest absolute Gasteiger partial charge is 0.188 e. The van der Waals surface area contributed by atoms with Crippen molar-refractivity contribution in [1.82, 2.24) is 5.32 Å². The molecule has 0 aliphatic carbocycles. The van der Waals surface area contributed by atoms with Crippen molar-refractivity contribution in [2.75, 3.05) is 26.8 Å². The average molecular weight is 371 g/mol. The molecule has 0 aromatic rings. The Balaban J connectivity index is 0. The number of nitrogens with zero attached hydrogens (tertiary/aromatic N) is 1. The van der Waals surface area contributed by atoms with Crippen molar-refractivity contribution in [3.8, 4) is 0 Å². The molecule has 0 radical (unpaired) electrons. The van der Waals surface area contributed by atoms with Crippen LogP contribution in [-0.4, -0.2) is 32.8 Å².